The molecule has 3 nitrogen and oxygen atoms in total. The van der Waals surface area contributed by atoms with Crippen LogP contribution >= 0.6 is 0 Å². The topological polar surface area (TPSA) is 43.8 Å². The molecule has 16 heavy (non-hydrogen) atoms. The van der Waals surface area contributed by atoms with Crippen molar-refractivity contribution in [3.8, 4) is 0 Å². The number of nitrogens with zero attached hydrogens (tertiary/aromatic N) is 2. The highest BCUT2D eigenvalue weighted by Gasteiger charge is 2.01. The van der Waals surface area contributed by atoms with E-state index in [1.54, 1.807) is 0 Å². The van der Waals surface area contributed by atoms with E-state index in [2.05, 4.69) is 40.9 Å². The summed E-state index contributed by atoms with van der Waals surface area (Å²) in [5, 5.41) is 0. The minimum Gasteiger partial charge on any atom is -0.347 e. The van der Waals surface area contributed by atoms with E-state index in [0.29, 0.717) is 6.54 Å². The molecule has 2 aromatic heterocycles. The minimum atomic E-state index is 0.691. The SMILES string of the molecule is Cc1cncc(Cn2cccc2CCN)c1. The van der Waals surface area contributed by atoms with Gasteiger partial charge in [-0.15, -0.1) is 0 Å². The Kier molecular flexibility index (Phi) is 3.37. The highest BCUT2D eigenvalue weighted by molar-refractivity contribution is 5.19. The molecule has 0 radical (unpaired) electrons. The van der Waals surface area contributed by atoms with Crippen LogP contribution in [0.25, 0.3) is 0 Å². The summed E-state index contributed by atoms with van der Waals surface area (Å²) in [6, 6.07) is 6.35. The van der Waals surface area contributed by atoms with Crippen molar-refractivity contribution in [2.24, 2.45) is 5.73 Å². The van der Waals surface area contributed by atoms with E-state index in [9.17, 15) is 0 Å². The van der Waals surface area contributed by atoms with Crippen LogP contribution in [0.1, 0.15) is 16.8 Å². The third-order valence-corrected chi connectivity index (χ3v) is 2.61. The zero-order chi connectivity index (χ0) is 11.4. The number of aromatic nitrogens is 2. The molecule has 0 aliphatic heterocycles. The van der Waals surface area contributed by atoms with Gasteiger partial charge in [-0.25, -0.2) is 0 Å². The molecule has 0 aliphatic rings. The van der Waals surface area contributed by atoms with Crippen LogP contribution < -0.4 is 5.73 Å². The second-order valence-corrected chi connectivity index (χ2v) is 4.04. The largest absolute Gasteiger partial charge is 0.347 e. The van der Waals surface area contributed by atoms with Crippen LogP contribution in [-0.2, 0) is 13.0 Å². The van der Waals surface area contributed by atoms with Crippen molar-refractivity contribution in [2.45, 2.75) is 19.9 Å². The molecule has 84 valence electrons. The van der Waals surface area contributed by atoms with Gasteiger partial charge in [0.2, 0.25) is 0 Å². The Morgan fingerprint density at radius 2 is 2.25 bits per heavy atom. The summed E-state index contributed by atoms with van der Waals surface area (Å²) >= 11 is 0. The third kappa shape index (κ3) is 2.49. The lowest BCUT2D eigenvalue weighted by Crippen LogP contribution is -2.09. The Hall–Kier alpha value is -1.61. The second kappa shape index (κ2) is 4.94. The number of hydrogen-bond acceptors (Lipinski definition) is 2. The van der Waals surface area contributed by atoms with Gasteiger partial charge < -0.3 is 10.3 Å². The normalized spacial score (nSPS) is 10.6. The second-order valence-electron chi connectivity index (χ2n) is 4.04. The minimum absolute atomic E-state index is 0.691. The van der Waals surface area contributed by atoms with Gasteiger partial charge in [0.15, 0.2) is 0 Å². The lowest BCUT2D eigenvalue weighted by atomic mass is 10.2. The molecule has 0 saturated heterocycles. The molecule has 0 spiro atoms. The van der Waals surface area contributed by atoms with E-state index in [1.165, 1.54) is 16.8 Å². The lowest BCUT2D eigenvalue weighted by Gasteiger charge is -2.08. The fourth-order valence-corrected chi connectivity index (χ4v) is 1.88. The molecule has 2 aromatic rings. The fourth-order valence-electron chi connectivity index (χ4n) is 1.88. The number of aryl methyl sites for hydroxylation is 1. The molecule has 2 heterocycles. The standard InChI is InChI=1S/C13H17N3/c1-11-7-12(9-15-8-11)10-16-6-2-3-13(16)4-5-14/h2-3,6-9H,4-5,10,14H2,1H3. The molecule has 0 saturated carbocycles. The smallest absolute Gasteiger partial charge is 0.0488 e. The van der Waals surface area contributed by atoms with Gasteiger partial charge >= 0.3 is 0 Å². The summed E-state index contributed by atoms with van der Waals surface area (Å²) in [6.07, 6.45) is 6.80. The fraction of sp³-hybridized carbons (Fsp3) is 0.308. The molecule has 2 N–H and O–H groups in total. The molecule has 0 amide bonds. The predicted octanol–water partition coefficient (Wildman–Crippen LogP) is 1.74. The van der Waals surface area contributed by atoms with Crippen molar-refractivity contribution in [1.29, 1.82) is 0 Å². The number of rotatable bonds is 4. The number of nitrogens with two attached hydrogens (primary N) is 1. The molecule has 0 bridgehead atoms. The number of pyridine rings is 1. The van der Waals surface area contributed by atoms with Gasteiger partial charge in [0.05, 0.1) is 0 Å². The van der Waals surface area contributed by atoms with Crippen molar-refractivity contribution in [1.82, 2.24) is 9.55 Å². The van der Waals surface area contributed by atoms with Crippen LogP contribution in [0.4, 0.5) is 0 Å². The third-order valence-electron chi connectivity index (χ3n) is 2.61. The van der Waals surface area contributed by atoms with Crippen molar-refractivity contribution in [2.75, 3.05) is 6.54 Å². The zero-order valence-electron chi connectivity index (χ0n) is 9.56. The molecule has 0 aromatic carbocycles. The van der Waals surface area contributed by atoms with E-state index < -0.39 is 0 Å². The lowest BCUT2D eigenvalue weighted by molar-refractivity contribution is 0.733. The van der Waals surface area contributed by atoms with Crippen LogP contribution in [0.2, 0.25) is 0 Å². The molecule has 2 rings (SSSR count). The van der Waals surface area contributed by atoms with Crippen molar-refractivity contribution in [3.63, 3.8) is 0 Å². The molecule has 0 unspecified atom stereocenters. The molecule has 3 heteroatoms. The highest BCUT2D eigenvalue weighted by Crippen LogP contribution is 2.08. The molecular formula is C13H17N3. The van der Waals surface area contributed by atoms with Crippen LogP contribution in [0, 0.1) is 6.92 Å². The maximum atomic E-state index is 5.58. The van der Waals surface area contributed by atoms with Gasteiger partial charge in [-0.2, -0.15) is 0 Å². The Labute approximate surface area is 95.9 Å². The summed E-state index contributed by atoms with van der Waals surface area (Å²) in [6.45, 7) is 3.63. The van der Waals surface area contributed by atoms with Crippen molar-refractivity contribution >= 4 is 0 Å². The van der Waals surface area contributed by atoms with E-state index in [0.717, 1.165) is 13.0 Å². The summed E-state index contributed by atoms with van der Waals surface area (Å²) in [5.41, 5.74) is 9.29. The van der Waals surface area contributed by atoms with Crippen LogP contribution in [0.5, 0.6) is 0 Å². The molecule has 0 aliphatic carbocycles. The van der Waals surface area contributed by atoms with Crippen LogP contribution in [0.3, 0.4) is 0 Å². The maximum Gasteiger partial charge on any atom is 0.0488 e. The molecule has 0 atom stereocenters. The first-order valence-electron chi connectivity index (χ1n) is 5.54. The first kappa shape index (κ1) is 10.9. The summed E-state index contributed by atoms with van der Waals surface area (Å²) in [7, 11) is 0. The van der Waals surface area contributed by atoms with Gasteiger partial charge in [0.25, 0.3) is 0 Å². The Balaban J connectivity index is 2.17. The van der Waals surface area contributed by atoms with Gasteiger partial charge in [-0.1, -0.05) is 6.07 Å². The maximum absolute atomic E-state index is 5.58. The van der Waals surface area contributed by atoms with Gasteiger partial charge in [0, 0.05) is 30.8 Å². The monoisotopic (exact) mass is 215 g/mol. The van der Waals surface area contributed by atoms with Gasteiger partial charge in [-0.05, 0) is 43.1 Å². The number of hydrogen-bond donors (Lipinski definition) is 1. The van der Waals surface area contributed by atoms with E-state index >= 15 is 0 Å². The Bertz CT molecular complexity index is 460. The highest BCUT2D eigenvalue weighted by atomic mass is 15.0. The quantitative estimate of drug-likeness (QED) is 0.844. The average Bonchev–Trinajstić information content (AvgIpc) is 2.66. The molecular weight excluding hydrogens is 198 g/mol. The van der Waals surface area contributed by atoms with Crippen molar-refractivity contribution < 1.29 is 0 Å². The first-order chi connectivity index (χ1) is 7.79. The van der Waals surface area contributed by atoms with E-state index in [4.69, 9.17) is 5.73 Å². The summed E-state index contributed by atoms with van der Waals surface area (Å²) in [5.74, 6) is 0. The van der Waals surface area contributed by atoms with E-state index in [-0.39, 0.29) is 0 Å². The van der Waals surface area contributed by atoms with Crippen LogP contribution in [0.15, 0.2) is 36.8 Å². The predicted molar refractivity (Wildman–Crippen MR) is 65.3 cm³/mol. The summed E-state index contributed by atoms with van der Waals surface area (Å²) < 4.78 is 2.23. The van der Waals surface area contributed by atoms with Crippen molar-refractivity contribution in [3.05, 3.63) is 53.6 Å². The Morgan fingerprint density at radius 1 is 1.38 bits per heavy atom. The average molecular weight is 215 g/mol. The Morgan fingerprint density at radius 3 is 3.00 bits per heavy atom. The summed E-state index contributed by atoms with van der Waals surface area (Å²) in [4.78, 5) is 4.20. The van der Waals surface area contributed by atoms with Gasteiger partial charge in [-0.3, -0.25) is 4.98 Å². The van der Waals surface area contributed by atoms with Crippen LogP contribution in [-0.4, -0.2) is 16.1 Å². The first-order valence-corrected chi connectivity index (χ1v) is 5.54. The zero-order valence-corrected chi connectivity index (χ0v) is 9.56. The molecule has 0 fully saturated rings. The van der Waals surface area contributed by atoms with Gasteiger partial charge in [0.1, 0.15) is 0 Å². The van der Waals surface area contributed by atoms with E-state index in [1.807, 2.05) is 12.4 Å².